The Hall–Kier alpha value is -1.98. The quantitative estimate of drug-likeness (QED) is 0.346. The van der Waals surface area contributed by atoms with Gasteiger partial charge >= 0.3 is 23.9 Å². The van der Waals surface area contributed by atoms with Crippen molar-refractivity contribution < 1.29 is 28.7 Å². The third-order valence-corrected chi connectivity index (χ3v) is 0.844. The van der Waals surface area contributed by atoms with Crippen LogP contribution < -0.4 is 0 Å². The van der Waals surface area contributed by atoms with Gasteiger partial charge in [-0.05, 0) is 0 Å². The second kappa shape index (κ2) is 5.63. The Balaban J connectivity index is 4.04. The van der Waals surface area contributed by atoms with Crippen LogP contribution in [0.25, 0.3) is 0 Å². The lowest BCUT2D eigenvalue weighted by Gasteiger charge is -1.93. The van der Waals surface area contributed by atoms with Gasteiger partial charge in [-0.1, -0.05) is 0 Å². The summed E-state index contributed by atoms with van der Waals surface area (Å²) in [5.41, 5.74) is 0. The van der Waals surface area contributed by atoms with Crippen molar-refractivity contribution in [2.24, 2.45) is 0 Å². The van der Waals surface area contributed by atoms with Crippen LogP contribution in [0.15, 0.2) is 12.2 Å². The molecule has 0 atom stereocenters. The molecule has 0 amide bonds. The summed E-state index contributed by atoms with van der Waals surface area (Å²) in [4.78, 5) is 41.7. The standard InChI is InChI=1S/C8H8O6/c1-5(9)13-7(11)3-4-8(12)14-6(2)10/h3-4H,1-2H3/b4-3-. The molecule has 0 fully saturated rings. The molecule has 0 aromatic rings. The first-order valence-corrected chi connectivity index (χ1v) is 3.54. The van der Waals surface area contributed by atoms with Crippen LogP contribution in [-0.2, 0) is 28.7 Å². The number of esters is 4. The second-order valence-corrected chi connectivity index (χ2v) is 2.16. The van der Waals surface area contributed by atoms with E-state index < -0.39 is 23.9 Å². The van der Waals surface area contributed by atoms with Crippen LogP contribution in [0.3, 0.4) is 0 Å². The largest absolute Gasteiger partial charge is 0.390 e. The normalized spacial score (nSPS) is 9.57. The van der Waals surface area contributed by atoms with Gasteiger partial charge < -0.3 is 9.47 Å². The molecule has 0 aliphatic heterocycles. The molecule has 0 aliphatic rings. The van der Waals surface area contributed by atoms with Gasteiger partial charge in [0.05, 0.1) is 0 Å². The molecule has 0 spiro atoms. The summed E-state index contributed by atoms with van der Waals surface area (Å²) in [7, 11) is 0. The van der Waals surface area contributed by atoms with Crippen molar-refractivity contribution in [2.45, 2.75) is 13.8 Å². The molecule has 6 nitrogen and oxygen atoms in total. The van der Waals surface area contributed by atoms with Gasteiger partial charge in [-0.2, -0.15) is 0 Å². The zero-order valence-corrected chi connectivity index (χ0v) is 7.60. The van der Waals surface area contributed by atoms with Crippen LogP contribution in [0.4, 0.5) is 0 Å². The van der Waals surface area contributed by atoms with Crippen molar-refractivity contribution >= 4 is 23.9 Å². The van der Waals surface area contributed by atoms with Crippen LogP contribution >= 0.6 is 0 Å². The molecule has 76 valence electrons. The molecule has 0 saturated carbocycles. The van der Waals surface area contributed by atoms with Gasteiger partial charge in [0.15, 0.2) is 0 Å². The molecule has 0 aromatic heterocycles. The first-order valence-electron chi connectivity index (χ1n) is 3.54. The number of carbonyl (C=O) groups excluding carboxylic acids is 4. The molecular weight excluding hydrogens is 192 g/mol. The Morgan fingerprint density at radius 1 is 0.786 bits per heavy atom. The van der Waals surface area contributed by atoms with Crippen LogP contribution in [0, 0.1) is 0 Å². The Labute approximate surface area is 79.5 Å². The van der Waals surface area contributed by atoms with Crippen LogP contribution in [0.5, 0.6) is 0 Å². The SMILES string of the molecule is CC(=O)OC(=O)/C=C\C(=O)OC(C)=O. The molecule has 0 saturated heterocycles. The Kier molecular flexibility index (Phi) is 4.83. The molecule has 0 N–H and O–H groups in total. The monoisotopic (exact) mass is 200 g/mol. The van der Waals surface area contributed by atoms with E-state index >= 15 is 0 Å². The maximum absolute atomic E-state index is 10.6. The summed E-state index contributed by atoms with van der Waals surface area (Å²) < 4.78 is 8.10. The van der Waals surface area contributed by atoms with Gasteiger partial charge in [-0.15, -0.1) is 0 Å². The maximum Gasteiger partial charge on any atom is 0.338 e. The zero-order valence-electron chi connectivity index (χ0n) is 7.60. The van der Waals surface area contributed by atoms with Gasteiger partial charge in [0, 0.05) is 26.0 Å². The van der Waals surface area contributed by atoms with Gasteiger partial charge in [-0.3, -0.25) is 9.59 Å². The smallest absolute Gasteiger partial charge is 0.338 e. The molecule has 0 heterocycles. The average Bonchev–Trinajstić information content (AvgIpc) is 1.98. The molecule has 0 aromatic carbocycles. The average molecular weight is 200 g/mol. The van der Waals surface area contributed by atoms with Crippen molar-refractivity contribution in [2.75, 3.05) is 0 Å². The summed E-state index contributed by atoms with van der Waals surface area (Å²) in [5.74, 6) is -3.59. The van der Waals surface area contributed by atoms with E-state index in [0.29, 0.717) is 12.2 Å². The van der Waals surface area contributed by atoms with Crippen molar-refractivity contribution in [3.05, 3.63) is 12.2 Å². The number of rotatable bonds is 2. The second-order valence-electron chi connectivity index (χ2n) is 2.16. The van der Waals surface area contributed by atoms with Gasteiger partial charge in [0.1, 0.15) is 0 Å². The topological polar surface area (TPSA) is 86.7 Å². The fourth-order valence-electron chi connectivity index (χ4n) is 0.487. The van der Waals surface area contributed by atoms with Crippen molar-refractivity contribution in [1.82, 2.24) is 0 Å². The van der Waals surface area contributed by atoms with Crippen LogP contribution in [0.2, 0.25) is 0 Å². The first-order chi connectivity index (χ1) is 6.41. The van der Waals surface area contributed by atoms with Crippen LogP contribution in [-0.4, -0.2) is 23.9 Å². The highest BCUT2D eigenvalue weighted by molar-refractivity contribution is 5.98. The first kappa shape index (κ1) is 12.0. The third kappa shape index (κ3) is 6.71. The number of hydrogen-bond acceptors (Lipinski definition) is 6. The fourth-order valence-corrected chi connectivity index (χ4v) is 0.487. The third-order valence-electron chi connectivity index (χ3n) is 0.844. The molecule has 0 bridgehead atoms. The number of hydrogen-bond donors (Lipinski definition) is 0. The summed E-state index contributed by atoms with van der Waals surface area (Å²) in [6.45, 7) is 2.08. The minimum absolute atomic E-state index is 0.687. The lowest BCUT2D eigenvalue weighted by Crippen LogP contribution is -2.09. The van der Waals surface area contributed by atoms with E-state index in [9.17, 15) is 19.2 Å². The van der Waals surface area contributed by atoms with E-state index in [1.807, 2.05) is 0 Å². The highest BCUT2D eigenvalue weighted by Gasteiger charge is 2.04. The predicted molar refractivity (Wildman–Crippen MR) is 42.7 cm³/mol. The number of carbonyl (C=O) groups is 4. The Morgan fingerprint density at radius 3 is 1.29 bits per heavy atom. The van der Waals surface area contributed by atoms with E-state index in [1.54, 1.807) is 0 Å². The molecule has 0 radical (unpaired) electrons. The van der Waals surface area contributed by atoms with E-state index in [0.717, 1.165) is 13.8 Å². The highest BCUT2D eigenvalue weighted by atomic mass is 16.6. The molecule has 14 heavy (non-hydrogen) atoms. The summed E-state index contributed by atoms with van der Waals surface area (Å²) >= 11 is 0. The van der Waals surface area contributed by atoms with Gasteiger partial charge in [0.25, 0.3) is 0 Å². The molecule has 0 rings (SSSR count). The van der Waals surface area contributed by atoms with Crippen molar-refractivity contribution in [3.8, 4) is 0 Å². The van der Waals surface area contributed by atoms with Crippen LogP contribution in [0.1, 0.15) is 13.8 Å². The lowest BCUT2D eigenvalue weighted by atomic mass is 10.5. The molecule has 0 unspecified atom stereocenters. The maximum atomic E-state index is 10.6. The number of ether oxygens (including phenoxy) is 2. The van der Waals surface area contributed by atoms with E-state index in [2.05, 4.69) is 9.47 Å². The molecule has 0 aliphatic carbocycles. The summed E-state index contributed by atoms with van der Waals surface area (Å²) in [6.07, 6.45) is 1.37. The lowest BCUT2D eigenvalue weighted by molar-refractivity contribution is -0.157. The molecule has 6 heteroatoms. The van der Waals surface area contributed by atoms with E-state index in [-0.39, 0.29) is 0 Å². The fraction of sp³-hybridized carbons (Fsp3) is 0.250. The Bertz CT molecular complexity index is 271. The van der Waals surface area contributed by atoms with E-state index in [4.69, 9.17) is 0 Å². The minimum Gasteiger partial charge on any atom is -0.390 e. The van der Waals surface area contributed by atoms with Gasteiger partial charge in [-0.25, -0.2) is 9.59 Å². The summed E-state index contributed by atoms with van der Waals surface area (Å²) in [6, 6.07) is 0. The van der Waals surface area contributed by atoms with E-state index in [1.165, 1.54) is 0 Å². The van der Waals surface area contributed by atoms with Crippen molar-refractivity contribution in [1.29, 1.82) is 0 Å². The minimum atomic E-state index is -1.00. The Morgan fingerprint density at radius 2 is 1.07 bits per heavy atom. The highest BCUT2D eigenvalue weighted by Crippen LogP contribution is 1.86. The predicted octanol–water partition coefficient (Wildman–Crippen LogP) is -0.278. The van der Waals surface area contributed by atoms with Gasteiger partial charge in [0.2, 0.25) is 0 Å². The zero-order chi connectivity index (χ0) is 11.1. The molecular formula is C8H8O6. The summed E-state index contributed by atoms with van der Waals surface area (Å²) in [5, 5.41) is 0. The van der Waals surface area contributed by atoms with Crippen molar-refractivity contribution in [3.63, 3.8) is 0 Å².